The van der Waals surface area contributed by atoms with Crippen molar-refractivity contribution in [1.29, 1.82) is 0 Å². The maximum atomic E-state index is 14.4. The molecule has 12 heteroatoms. The summed E-state index contributed by atoms with van der Waals surface area (Å²) in [6.07, 6.45) is 2.87. The third-order valence-electron chi connectivity index (χ3n) is 8.31. The Hall–Kier alpha value is -3.64. The highest BCUT2D eigenvalue weighted by Crippen LogP contribution is 2.30. The molecule has 2 saturated heterocycles. The minimum atomic E-state index is -4.35. The fourth-order valence-corrected chi connectivity index (χ4v) is 7.69. The molecule has 0 aliphatic carbocycles. The molecule has 2 aliphatic heterocycles. The van der Waals surface area contributed by atoms with E-state index in [9.17, 15) is 18.0 Å². The van der Waals surface area contributed by atoms with Crippen LogP contribution in [0.3, 0.4) is 0 Å². The number of methoxy groups -OCH3 is 1. The molecular formula is C31H34ClN5O5S. The van der Waals surface area contributed by atoms with E-state index in [0.717, 1.165) is 36.3 Å². The number of rotatable bonds is 8. The van der Waals surface area contributed by atoms with Crippen molar-refractivity contribution < 1.29 is 17.9 Å². The van der Waals surface area contributed by atoms with Gasteiger partial charge in [-0.3, -0.25) is 9.36 Å². The first-order valence-electron chi connectivity index (χ1n) is 14.4. The summed E-state index contributed by atoms with van der Waals surface area (Å²) in [7, 11) is -2.87. The molecule has 6 rings (SSSR count). The van der Waals surface area contributed by atoms with E-state index in [-0.39, 0.29) is 27.9 Å². The van der Waals surface area contributed by atoms with Crippen LogP contribution in [0.4, 0.5) is 0 Å². The standard InChI is InChI=1S/C31H34ClN5O5S/c1-42-25-8-10-26(11-9-25)43(40,41)37-27-12-7-22(32)19-28(27)36(31(37)39)29(21-5-3-2-4-6-21)30(38)35-18-15-24(20-35)34-23-13-16-33-17-14-23/h2-12,19,23-24,29,33-34H,13-18,20H2,1H3/t24-,29?/m0/s1. The molecule has 4 aromatic rings. The monoisotopic (exact) mass is 623 g/mol. The zero-order chi connectivity index (χ0) is 30.1. The lowest BCUT2D eigenvalue weighted by atomic mass is 10.0. The highest BCUT2D eigenvalue weighted by molar-refractivity contribution is 7.90. The van der Waals surface area contributed by atoms with Crippen molar-refractivity contribution in [2.24, 2.45) is 0 Å². The van der Waals surface area contributed by atoms with Crippen molar-refractivity contribution >= 4 is 38.6 Å². The molecule has 0 saturated carbocycles. The molecule has 0 bridgehead atoms. The van der Waals surface area contributed by atoms with E-state index in [4.69, 9.17) is 16.3 Å². The molecule has 1 unspecified atom stereocenters. The van der Waals surface area contributed by atoms with Crippen LogP contribution in [0.1, 0.15) is 30.9 Å². The van der Waals surface area contributed by atoms with Crippen LogP contribution in [0.2, 0.25) is 5.02 Å². The average molecular weight is 624 g/mol. The lowest BCUT2D eigenvalue weighted by Crippen LogP contribution is -2.46. The van der Waals surface area contributed by atoms with Gasteiger partial charge in [-0.15, -0.1) is 0 Å². The van der Waals surface area contributed by atoms with Crippen molar-refractivity contribution in [3.8, 4) is 5.75 Å². The molecule has 1 aromatic heterocycles. The number of nitrogens with zero attached hydrogens (tertiary/aromatic N) is 3. The molecule has 2 atom stereocenters. The summed E-state index contributed by atoms with van der Waals surface area (Å²) >= 11 is 6.39. The van der Waals surface area contributed by atoms with E-state index in [1.807, 2.05) is 6.07 Å². The summed E-state index contributed by atoms with van der Waals surface area (Å²) in [6, 6.07) is 18.8. The van der Waals surface area contributed by atoms with E-state index < -0.39 is 21.8 Å². The molecule has 2 N–H and O–H groups in total. The summed E-state index contributed by atoms with van der Waals surface area (Å²) in [5.41, 5.74) is 0.107. The number of piperidine rings is 1. The minimum absolute atomic E-state index is 0.0849. The smallest absolute Gasteiger partial charge is 0.344 e. The van der Waals surface area contributed by atoms with Crippen LogP contribution < -0.4 is 21.1 Å². The second kappa shape index (κ2) is 12.2. The largest absolute Gasteiger partial charge is 0.497 e. The zero-order valence-corrected chi connectivity index (χ0v) is 25.4. The number of benzene rings is 3. The Balaban J connectivity index is 1.44. The molecule has 1 amide bonds. The fraction of sp³-hybridized carbons (Fsp3) is 0.355. The molecule has 43 heavy (non-hydrogen) atoms. The lowest BCUT2D eigenvalue weighted by Gasteiger charge is -2.28. The summed E-state index contributed by atoms with van der Waals surface area (Å²) in [5, 5.41) is 7.39. The number of hydrogen-bond acceptors (Lipinski definition) is 7. The Bertz CT molecular complexity index is 1780. The number of amides is 1. The van der Waals surface area contributed by atoms with Gasteiger partial charge in [-0.25, -0.2) is 13.2 Å². The number of nitrogens with one attached hydrogen (secondary N) is 2. The number of fused-ring (bicyclic) bond motifs is 1. The number of ether oxygens (including phenoxy) is 1. The maximum Gasteiger partial charge on any atom is 0.344 e. The van der Waals surface area contributed by atoms with E-state index in [2.05, 4.69) is 10.6 Å². The Morgan fingerprint density at radius 1 is 0.977 bits per heavy atom. The van der Waals surface area contributed by atoms with E-state index in [1.165, 1.54) is 54.1 Å². The Morgan fingerprint density at radius 3 is 2.40 bits per heavy atom. The maximum absolute atomic E-state index is 14.4. The van der Waals surface area contributed by atoms with E-state index in [0.29, 0.717) is 35.5 Å². The van der Waals surface area contributed by atoms with Crippen LogP contribution in [0.25, 0.3) is 11.0 Å². The Labute approximate surface area is 255 Å². The van der Waals surface area contributed by atoms with Crippen LogP contribution in [0.5, 0.6) is 5.75 Å². The average Bonchev–Trinajstić information content (AvgIpc) is 3.60. The topological polar surface area (TPSA) is 115 Å². The minimum Gasteiger partial charge on any atom is -0.497 e. The van der Waals surface area contributed by atoms with Gasteiger partial charge < -0.3 is 20.3 Å². The predicted molar refractivity (Wildman–Crippen MR) is 165 cm³/mol. The first-order valence-corrected chi connectivity index (χ1v) is 16.2. The first-order chi connectivity index (χ1) is 20.8. The van der Waals surface area contributed by atoms with Gasteiger partial charge in [0.25, 0.3) is 15.9 Å². The summed E-state index contributed by atoms with van der Waals surface area (Å²) in [5.74, 6) is 0.206. The zero-order valence-electron chi connectivity index (χ0n) is 23.8. The highest BCUT2D eigenvalue weighted by Gasteiger charge is 2.37. The van der Waals surface area contributed by atoms with Gasteiger partial charge in [0.2, 0.25) is 0 Å². The van der Waals surface area contributed by atoms with Gasteiger partial charge >= 0.3 is 5.69 Å². The van der Waals surface area contributed by atoms with Crippen molar-refractivity contribution in [3.63, 3.8) is 0 Å². The first kappa shape index (κ1) is 29.4. The lowest BCUT2D eigenvalue weighted by molar-refractivity contribution is -0.132. The molecule has 10 nitrogen and oxygen atoms in total. The van der Waals surface area contributed by atoms with Crippen LogP contribution in [-0.2, 0) is 14.8 Å². The Kier molecular flexibility index (Phi) is 8.32. The number of carbonyl (C=O) groups is 1. The number of likely N-dealkylation sites (tertiary alicyclic amines) is 1. The number of halogens is 1. The third kappa shape index (κ3) is 5.70. The molecule has 0 spiro atoms. The predicted octanol–water partition coefficient (Wildman–Crippen LogP) is 3.23. The van der Waals surface area contributed by atoms with Crippen LogP contribution in [0.15, 0.2) is 82.5 Å². The van der Waals surface area contributed by atoms with Gasteiger partial charge in [-0.1, -0.05) is 41.9 Å². The Morgan fingerprint density at radius 2 is 1.70 bits per heavy atom. The number of imidazole rings is 1. The number of carbonyl (C=O) groups excluding carboxylic acids is 1. The fourth-order valence-electron chi connectivity index (χ4n) is 6.13. The molecule has 3 heterocycles. The molecule has 226 valence electrons. The van der Waals surface area contributed by atoms with Gasteiger partial charge in [-0.2, -0.15) is 3.97 Å². The van der Waals surface area contributed by atoms with Gasteiger partial charge in [0, 0.05) is 30.2 Å². The number of hydrogen-bond donors (Lipinski definition) is 2. The van der Waals surface area contributed by atoms with Gasteiger partial charge in [-0.05, 0) is 80.4 Å². The SMILES string of the molecule is COc1ccc(S(=O)(=O)n2c(=O)n(C(C(=O)N3CC[C@H](NC4CCNCC4)C3)c3ccccc3)c3cc(Cl)ccc32)cc1. The third-order valence-corrected chi connectivity index (χ3v) is 10.2. The van der Waals surface area contributed by atoms with Crippen molar-refractivity contribution in [1.82, 2.24) is 24.1 Å². The molecule has 2 aliphatic rings. The summed E-state index contributed by atoms with van der Waals surface area (Å²) in [6.45, 7) is 2.98. The van der Waals surface area contributed by atoms with E-state index in [1.54, 1.807) is 29.2 Å². The van der Waals surface area contributed by atoms with Gasteiger partial charge in [0.1, 0.15) is 11.8 Å². The van der Waals surface area contributed by atoms with Crippen molar-refractivity contribution in [3.05, 3.63) is 93.9 Å². The number of aromatic nitrogens is 2. The molecular weight excluding hydrogens is 590 g/mol. The molecule has 0 radical (unpaired) electrons. The van der Waals surface area contributed by atoms with Gasteiger partial charge in [0.05, 0.1) is 23.0 Å². The second-order valence-corrected chi connectivity index (χ2v) is 13.2. The highest BCUT2D eigenvalue weighted by atomic mass is 35.5. The summed E-state index contributed by atoms with van der Waals surface area (Å²) < 4.78 is 35.1. The van der Waals surface area contributed by atoms with Gasteiger partial charge in [0.15, 0.2) is 0 Å². The van der Waals surface area contributed by atoms with Crippen LogP contribution in [-0.4, -0.2) is 73.1 Å². The van der Waals surface area contributed by atoms with Crippen molar-refractivity contribution in [2.45, 2.75) is 42.3 Å². The second-order valence-electron chi connectivity index (χ2n) is 11.0. The molecule has 2 fully saturated rings. The van der Waals surface area contributed by atoms with Crippen molar-refractivity contribution in [2.75, 3.05) is 33.3 Å². The van der Waals surface area contributed by atoms with Crippen LogP contribution in [0, 0.1) is 0 Å². The molecule has 3 aromatic carbocycles. The van der Waals surface area contributed by atoms with E-state index >= 15 is 0 Å². The quantitative estimate of drug-likeness (QED) is 0.310. The normalized spacial score (nSPS) is 18.7. The van der Waals surface area contributed by atoms with Crippen LogP contribution >= 0.6 is 11.6 Å². The summed E-state index contributed by atoms with van der Waals surface area (Å²) in [4.78, 5) is 30.4.